The van der Waals surface area contributed by atoms with Gasteiger partial charge in [0.15, 0.2) is 0 Å². The molecule has 0 spiro atoms. The Balaban J connectivity index is 1.78. The molecule has 7 nitrogen and oxygen atoms in total. The van der Waals surface area contributed by atoms with Crippen LogP contribution in [-0.4, -0.2) is 49.0 Å². The first kappa shape index (κ1) is 27.0. The zero-order valence-electron chi connectivity index (χ0n) is 21.0. The van der Waals surface area contributed by atoms with Crippen LogP contribution in [0.5, 0.6) is 11.5 Å². The predicted octanol–water partition coefficient (Wildman–Crippen LogP) is 5.69. The first-order chi connectivity index (χ1) is 17.3. The molecule has 0 aliphatic heterocycles. The van der Waals surface area contributed by atoms with Crippen molar-refractivity contribution in [2.24, 2.45) is 0 Å². The van der Waals surface area contributed by atoms with E-state index in [1.165, 1.54) is 31.3 Å². The number of thiophene rings is 1. The quantitative estimate of drug-likeness (QED) is 0.358. The van der Waals surface area contributed by atoms with Gasteiger partial charge in [-0.2, -0.15) is 0 Å². The van der Waals surface area contributed by atoms with E-state index in [1.807, 2.05) is 25.3 Å². The Morgan fingerprint density at radius 1 is 0.972 bits per heavy atom. The predicted molar refractivity (Wildman–Crippen MR) is 140 cm³/mol. The van der Waals surface area contributed by atoms with E-state index in [-0.39, 0.29) is 18.3 Å². The number of methoxy groups -OCH3 is 2. The Labute approximate surface area is 215 Å². The number of urea groups is 1. The van der Waals surface area contributed by atoms with E-state index in [0.717, 1.165) is 16.0 Å². The normalized spacial score (nSPS) is 10.6. The van der Waals surface area contributed by atoms with Crippen LogP contribution in [0.2, 0.25) is 0 Å². The van der Waals surface area contributed by atoms with Crippen LogP contribution >= 0.6 is 11.3 Å². The fourth-order valence-corrected chi connectivity index (χ4v) is 4.57. The summed E-state index contributed by atoms with van der Waals surface area (Å²) in [5, 5.41) is 4.84. The fourth-order valence-electron chi connectivity index (χ4n) is 3.65. The second-order valence-corrected chi connectivity index (χ2v) is 9.36. The molecule has 192 valence electrons. The lowest BCUT2D eigenvalue weighted by Gasteiger charge is -2.28. The number of aryl methyl sites for hydroxylation is 1. The summed E-state index contributed by atoms with van der Waals surface area (Å²) in [5.41, 5.74) is 2.42. The van der Waals surface area contributed by atoms with Crippen molar-refractivity contribution in [3.05, 3.63) is 75.7 Å². The minimum Gasteiger partial charge on any atom is -0.497 e. The lowest BCUT2D eigenvalue weighted by atomic mass is 10.2. The van der Waals surface area contributed by atoms with Gasteiger partial charge in [0.05, 0.1) is 20.8 Å². The van der Waals surface area contributed by atoms with E-state index in [2.05, 4.69) is 5.32 Å². The number of amides is 3. The number of ether oxygens (including phenoxy) is 2. The first-order valence-corrected chi connectivity index (χ1v) is 12.5. The third kappa shape index (κ3) is 7.45. The van der Waals surface area contributed by atoms with Gasteiger partial charge in [-0.1, -0.05) is 19.1 Å². The molecule has 36 heavy (non-hydrogen) atoms. The highest BCUT2D eigenvalue weighted by Crippen LogP contribution is 2.26. The van der Waals surface area contributed by atoms with Gasteiger partial charge in [0.1, 0.15) is 23.9 Å². The molecule has 3 aromatic rings. The second kappa shape index (κ2) is 12.9. The maximum absolute atomic E-state index is 13.5. The summed E-state index contributed by atoms with van der Waals surface area (Å²) in [6.45, 7) is 4.99. The van der Waals surface area contributed by atoms with Gasteiger partial charge in [-0.15, -0.1) is 11.3 Å². The number of hydrogen-bond donors (Lipinski definition) is 1. The molecule has 0 fully saturated rings. The number of rotatable bonds is 11. The summed E-state index contributed by atoms with van der Waals surface area (Å²) in [7, 11) is 3.07. The van der Waals surface area contributed by atoms with Crippen molar-refractivity contribution >= 4 is 29.0 Å². The van der Waals surface area contributed by atoms with E-state index >= 15 is 0 Å². The second-order valence-electron chi connectivity index (χ2n) is 8.36. The first-order valence-electron chi connectivity index (χ1n) is 11.7. The largest absolute Gasteiger partial charge is 0.497 e. The molecule has 0 saturated carbocycles. The van der Waals surface area contributed by atoms with E-state index in [0.29, 0.717) is 43.2 Å². The Morgan fingerprint density at radius 2 is 1.64 bits per heavy atom. The average molecular weight is 514 g/mol. The molecule has 0 bridgehead atoms. The Morgan fingerprint density at radius 3 is 2.19 bits per heavy atom. The summed E-state index contributed by atoms with van der Waals surface area (Å²) in [4.78, 5) is 30.9. The molecule has 0 aliphatic rings. The summed E-state index contributed by atoms with van der Waals surface area (Å²) < 4.78 is 24.0. The maximum Gasteiger partial charge on any atom is 0.322 e. The van der Waals surface area contributed by atoms with Crippen LogP contribution in [-0.2, 0) is 17.9 Å². The van der Waals surface area contributed by atoms with E-state index in [4.69, 9.17) is 9.47 Å². The van der Waals surface area contributed by atoms with Crippen molar-refractivity contribution in [1.29, 1.82) is 0 Å². The highest BCUT2D eigenvalue weighted by Gasteiger charge is 2.23. The van der Waals surface area contributed by atoms with Crippen LogP contribution in [0.3, 0.4) is 0 Å². The van der Waals surface area contributed by atoms with Gasteiger partial charge in [-0.3, -0.25) is 4.79 Å². The molecule has 0 atom stereocenters. The molecule has 2 aromatic carbocycles. The van der Waals surface area contributed by atoms with Crippen LogP contribution < -0.4 is 14.8 Å². The van der Waals surface area contributed by atoms with Crippen LogP contribution in [0, 0.1) is 12.7 Å². The number of nitrogens with one attached hydrogen (secondary N) is 1. The monoisotopic (exact) mass is 513 g/mol. The van der Waals surface area contributed by atoms with Crippen molar-refractivity contribution in [3.63, 3.8) is 0 Å². The minimum absolute atomic E-state index is 0.0909. The molecule has 1 aromatic heterocycles. The molecular formula is C27H32FN3O4S. The number of hydrogen-bond acceptors (Lipinski definition) is 5. The van der Waals surface area contributed by atoms with Crippen molar-refractivity contribution in [2.75, 3.05) is 32.6 Å². The third-order valence-electron chi connectivity index (χ3n) is 5.65. The zero-order valence-corrected chi connectivity index (χ0v) is 21.9. The molecule has 1 N–H and O–H groups in total. The van der Waals surface area contributed by atoms with Gasteiger partial charge in [0.2, 0.25) is 5.91 Å². The third-order valence-corrected chi connectivity index (χ3v) is 6.66. The van der Waals surface area contributed by atoms with Crippen LogP contribution in [0.1, 0.15) is 29.3 Å². The van der Waals surface area contributed by atoms with Crippen molar-refractivity contribution in [2.45, 2.75) is 33.4 Å². The molecule has 0 saturated heterocycles. The molecule has 0 aliphatic carbocycles. The fraction of sp³-hybridized carbons (Fsp3) is 0.333. The molecule has 0 radical (unpaired) electrons. The van der Waals surface area contributed by atoms with E-state index in [1.54, 1.807) is 46.6 Å². The minimum atomic E-state index is -0.394. The van der Waals surface area contributed by atoms with E-state index < -0.39 is 6.03 Å². The van der Waals surface area contributed by atoms with Crippen molar-refractivity contribution in [3.8, 4) is 11.5 Å². The van der Waals surface area contributed by atoms with Gasteiger partial charge < -0.3 is 24.6 Å². The van der Waals surface area contributed by atoms with Crippen molar-refractivity contribution < 1.29 is 23.5 Å². The summed E-state index contributed by atoms with van der Waals surface area (Å²) >= 11 is 1.58. The molecule has 3 rings (SSSR count). The highest BCUT2D eigenvalue weighted by molar-refractivity contribution is 7.10. The van der Waals surface area contributed by atoms with Crippen molar-refractivity contribution in [1.82, 2.24) is 9.80 Å². The Kier molecular flexibility index (Phi) is 9.69. The molecular weight excluding hydrogens is 481 g/mol. The number of anilines is 1. The van der Waals surface area contributed by atoms with Gasteiger partial charge >= 0.3 is 6.03 Å². The molecule has 0 unspecified atom stereocenters. The zero-order chi connectivity index (χ0) is 26.1. The van der Waals surface area contributed by atoms with Gasteiger partial charge in [-0.25, -0.2) is 9.18 Å². The molecule has 1 heterocycles. The SMILES string of the molecule is CCCN(CC(=O)N(Cc1ccc(F)cc1)Cc1sccc1C)C(=O)Nc1cc(OC)cc(OC)c1. The van der Waals surface area contributed by atoms with Crippen LogP contribution in [0.4, 0.5) is 14.9 Å². The van der Waals surface area contributed by atoms with E-state index in [9.17, 15) is 14.0 Å². The number of carbonyl (C=O) groups excluding carboxylic acids is 2. The van der Waals surface area contributed by atoms with Crippen LogP contribution in [0.15, 0.2) is 53.9 Å². The number of halogens is 1. The highest BCUT2D eigenvalue weighted by atomic mass is 32.1. The topological polar surface area (TPSA) is 71.1 Å². The Hall–Kier alpha value is -3.59. The standard InChI is InChI=1S/C27H32FN3O4S/c1-5-11-30(27(33)29-22-13-23(34-3)15-24(14-22)35-4)18-26(32)31(17-25-19(2)10-12-36-25)16-20-6-8-21(28)9-7-20/h6-10,12-15H,5,11,16-18H2,1-4H3,(H,29,33). The van der Waals surface area contributed by atoms with Crippen LogP contribution in [0.25, 0.3) is 0 Å². The van der Waals surface area contributed by atoms with Gasteiger partial charge in [0, 0.05) is 41.9 Å². The molecule has 9 heteroatoms. The van der Waals surface area contributed by atoms with Gasteiger partial charge in [0.25, 0.3) is 0 Å². The lowest BCUT2D eigenvalue weighted by Crippen LogP contribution is -2.44. The maximum atomic E-state index is 13.5. The smallest absolute Gasteiger partial charge is 0.322 e. The van der Waals surface area contributed by atoms with Gasteiger partial charge in [-0.05, 0) is 48.1 Å². The molecule has 3 amide bonds. The Bertz CT molecular complexity index is 1140. The number of benzene rings is 2. The summed E-state index contributed by atoms with van der Waals surface area (Å²) in [6.07, 6.45) is 0.685. The average Bonchev–Trinajstić information content (AvgIpc) is 3.28. The summed E-state index contributed by atoms with van der Waals surface area (Å²) in [6, 6.07) is 12.8. The lowest BCUT2D eigenvalue weighted by molar-refractivity contribution is -0.133. The number of nitrogens with zero attached hydrogens (tertiary/aromatic N) is 2. The number of carbonyl (C=O) groups is 2. The summed E-state index contributed by atoms with van der Waals surface area (Å²) in [5.74, 6) is 0.559.